The van der Waals surface area contributed by atoms with E-state index in [4.69, 9.17) is 4.74 Å². The Hall–Kier alpha value is -0.560. The van der Waals surface area contributed by atoms with Gasteiger partial charge in [-0.2, -0.15) is 4.31 Å². The highest BCUT2D eigenvalue weighted by atomic mass is 32.3. The molecule has 2 heterocycles. The smallest absolute Gasteiger partial charge is 0.253 e. The van der Waals surface area contributed by atoms with Crippen LogP contribution in [0.4, 0.5) is 0 Å². The zero-order valence-electron chi connectivity index (χ0n) is 13.9. The lowest BCUT2D eigenvalue weighted by molar-refractivity contribution is 0.120. The number of hydrogen-bond donors (Lipinski definition) is 2. The molecule has 0 aliphatic carbocycles. The molecule has 138 valence electrons. The SMILES string of the molecule is COCCN1CC(O)c2cc(S(=O)(=O)NC(C)(C)C)sc2S1(=O)=O. The molecule has 0 bridgehead atoms. The molecule has 2 N–H and O–H groups in total. The predicted octanol–water partition coefficient (Wildman–Crippen LogP) is 0.509. The van der Waals surface area contributed by atoms with Gasteiger partial charge in [0.1, 0.15) is 8.42 Å². The minimum absolute atomic E-state index is 0.0928. The molecule has 11 heteroatoms. The monoisotopic (exact) mass is 398 g/mol. The van der Waals surface area contributed by atoms with E-state index in [1.54, 1.807) is 20.8 Å². The van der Waals surface area contributed by atoms with Crippen LogP contribution in [-0.4, -0.2) is 58.6 Å². The topological polar surface area (TPSA) is 113 Å². The molecular formula is C13H22N2O6S3. The largest absolute Gasteiger partial charge is 0.387 e. The van der Waals surface area contributed by atoms with E-state index in [1.165, 1.54) is 13.2 Å². The van der Waals surface area contributed by atoms with Crippen LogP contribution >= 0.6 is 11.3 Å². The summed E-state index contributed by atoms with van der Waals surface area (Å²) in [5.74, 6) is 0. The molecule has 1 aliphatic heterocycles. The van der Waals surface area contributed by atoms with Crippen molar-refractivity contribution in [3.05, 3.63) is 11.6 Å². The Morgan fingerprint density at radius 3 is 2.62 bits per heavy atom. The number of nitrogens with one attached hydrogen (secondary N) is 1. The van der Waals surface area contributed by atoms with Gasteiger partial charge in [-0.3, -0.25) is 0 Å². The van der Waals surface area contributed by atoms with E-state index in [-0.39, 0.29) is 33.7 Å². The number of aliphatic hydroxyl groups is 1. The Balaban J connectivity index is 2.46. The molecule has 0 amide bonds. The second-order valence-electron chi connectivity index (χ2n) is 6.54. The van der Waals surface area contributed by atoms with Gasteiger partial charge in [0.05, 0.1) is 12.7 Å². The summed E-state index contributed by atoms with van der Waals surface area (Å²) in [6, 6.07) is 1.24. The molecule has 1 atom stereocenters. The Labute approximate surface area is 146 Å². The highest BCUT2D eigenvalue weighted by Gasteiger charge is 2.40. The third-order valence-electron chi connectivity index (χ3n) is 3.26. The number of β-amino-alcohol motifs (C(OH)–C–C–N with tert-alkyl or cyclic N) is 1. The first-order chi connectivity index (χ1) is 10.9. The van der Waals surface area contributed by atoms with Crippen LogP contribution in [0.2, 0.25) is 0 Å². The van der Waals surface area contributed by atoms with Gasteiger partial charge in [-0.1, -0.05) is 0 Å². The first-order valence-electron chi connectivity index (χ1n) is 7.23. The van der Waals surface area contributed by atoms with Gasteiger partial charge in [-0.05, 0) is 26.8 Å². The lowest BCUT2D eigenvalue weighted by Crippen LogP contribution is -2.40. The van der Waals surface area contributed by atoms with E-state index in [9.17, 15) is 21.9 Å². The molecular weight excluding hydrogens is 376 g/mol. The summed E-state index contributed by atoms with van der Waals surface area (Å²) >= 11 is 0.650. The summed E-state index contributed by atoms with van der Waals surface area (Å²) in [4.78, 5) is 0. The Morgan fingerprint density at radius 1 is 1.46 bits per heavy atom. The van der Waals surface area contributed by atoms with Gasteiger partial charge in [0.25, 0.3) is 20.0 Å². The number of thiophene rings is 1. The summed E-state index contributed by atoms with van der Waals surface area (Å²) in [5, 5.41) is 10.2. The maximum absolute atomic E-state index is 12.6. The fourth-order valence-electron chi connectivity index (χ4n) is 2.30. The van der Waals surface area contributed by atoms with E-state index >= 15 is 0 Å². The van der Waals surface area contributed by atoms with Crippen molar-refractivity contribution in [1.82, 2.24) is 9.03 Å². The van der Waals surface area contributed by atoms with Gasteiger partial charge in [-0.25, -0.2) is 21.6 Å². The van der Waals surface area contributed by atoms with E-state index in [0.717, 1.165) is 4.31 Å². The van der Waals surface area contributed by atoms with E-state index < -0.39 is 31.7 Å². The van der Waals surface area contributed by atoms with Crippen LogP contribution < -0.4 is 4.72 Å². The minimum atomic E-state index is -3.87. The van der Waals surface area contributed by atoms with Gasteiger partial charge >= 0.3 is 0 Å². The summed E-state index contributed by atoms with van der Waals surface area (Å²) in [7, 11) is -6.27. The molecule has 0 spiro atoms. The second kappa shape index (κ2) is 6.63. The average Bonchev–Trinajstić information content (AvgIpc) is 2.86. The van der Waals surface area contributed by atoms with Crippen LogP contribution in [0.3, 0.4) is 0 Å². The number of methoxy groups -OCH3 is 1. The van der Waals surface area contributed by atoms with Crippen molar-refractivity contribution >= 4 is 31.4 Å². The number of sulfonamides is 2. The molecule has 0 fully saturated rings. The number of hydrogen-bond acceptors (Lipinski definition) is 7. The standard InChI is InChI=1S/C13H22N2O6S3/c1-13(2,3)14-23(17,18)11-7-9-10(16)8-15(5-6-21-4)24(19,20)12(9)22-11/h7,10,14,16H,5-6,8H2,1-4H3. The van der Waals surface area contributed by atoms with Crippen molar-refractivity contribution < 1.29 is 26.7 Å². The highest BCUT2D eigenvalue weighted by Crippen LogP contribution is 2.40. The van der Waals surface area contributed by atoms with E-state index in [2.05, 4.69) is 4.72 Å². The van der Waals surface area contributed by atoms with Gasteiger partial charge in [0.15, 0.2) is 0 Å². The number of ether oxygens (including phenoxy) is 1. The van der Waals surface area contributed by atoms with E-state index in [0.29, 0.717) is 11.3 Å². The number of fused-ring (bicyclic) bond motifs is 1. The van der Waals surface area contributed by atoms with Crippen molar-refractivity contribution in [3.63, 3.8) is 0 Å². The average molecular weight is 399 g/mol. The molecule has 0 saturated carbocycles. The van der Waals surface area contributed by atoms with Gasteiger partial charge in [0.2, 0.25) is 0 Å². The Kier molecular flexibility index (Phi) is 5.46. The Morgan fingerprint density at radius 2 is 2.08 bits per heavy atom. The predicted molar refractivity (Wildman–Crippen MR) is 90.0 cm³/mol. The third kappa shape index (κ3) is 3.98. The second-order valence-corrected chi connectivity index (χ2v) is 11.6. The summed E-state index contributed by atoms with van der Waals surface area (Å²) < 4.78 is 58.3. The number of rotatable bonds is 5. The molecule has 0 aromatic carbocycles. The zero-order chi connectivity index (χ0) is 18.3. The third-order valence-corrected chi connectivity index (χ3v) is 9.04. The maximum Gasteiger partial charge on any atom is 0.253 e. The highest BCUT2D eigenvalue weighted by molar-refractivity contribution is 7.94. The lowest BCUT2D eigenvalue weighted by Gasteiger charge is -2.29. The molecule has 1 aromatic rings. The summed E-state index contributed by atoms with van der Waals surface area (Å²) in [6.45, 7) is 5.23. The first-order valence-corrected chi connectivity index (χ1v) is 11.0. The molecule has 8 nitrogen and oxygen atoms in total. The fraction of sp³-hybridized carbons (Fsp3) is 0.692. The van der Waals surface area contributed by atoms with Crippen molar-refractivity contribution in [2.24, 2.45) is 0 Å². The molecule has 0 radical (unpaired) electrons. The van der Waals surface area contributed by atoms with Crippen molar-refractivity contribution in [2.75, 3.05) is 26.8 Å². The summed E-state index contributed by atoms with van der Waals surface area (Å²) in [6.07, 6.45) is -1.07. The maximum atomic E-state index is 12.6. The van der Waals surface area contributed by atoms with Gasteiger partial charge in [0, 0.05) is 31.3 Å². The fourth-order valence-corrected chi connectivity index (χ4v) is 7.53. The molecule has 24 heavy (non-hydrogen) atoms. The molecule has 0 saturated heterocycles. The first kappa shape index (κ1) is 19.8. The van der Waals surface area contributed by atoms with Crippen LogP contribution in [0.5, 0.6) is 0 Å². The normalized spacial score (nSPS) is 21.6. The molecule has 2 rings (SSSR count). The molecule has 1 aromatic heterocycles. The van der Waals surface area contributed by atoms with Crippen LogP contribution in [0.15, 0.2) is 14.5 Å². The van der Waals surface area contributed by atoms with Crippen LogP contribution in [0, 0.1) is 0 Å². The summed E-state index contributed by atoms with van der Waals surface area (Å²) in [5.41, 5.74) is -0.575. The zero-order valence-corrected chi connectivity index (χ0v) is 16.4. The van der Waals surface area contributed by atoms with Gasteiger partial charge < -0.3 is 9.84 Å². The van der Waals surface area contributed by atoms with Crippen LogP contribution in [0.25, 0.3) is 0 Å². The van der Waals surface area contributed by atoms with Crippen molar-refractivity contribution in [1.29, 1.82) is 0 Å². The minimum Gasteiger partial charge on any atom is -0.387 e. The lowest BCUT2D eigenvalue weighted by atomic mass is 10.1. The number of aliphatic hydroxyl groups excluding tert-OH is 1. The van der Waals surface area contributed by atoms with Crippen LogP contribution in [0.1, 0.15) is 32.4 Å². The Bertz CT molecular complexity index is 807. The number of nitrogens with zero attached hydrogens (tertiary/aromatic N) is 1. The molecule has 1 aliphatic rings. The van der Waals surface area contributed by atoms with Crippen LogP contribution in [-0.2, 0) is 24.8 Å². The van der Waals surface area contributed by atoms with Crippen molar-refractivity contribution in [2.45, 2.75) is 40.8 Å². The van der Waals surface area contributed by atoms with E-state index in [1.807, 2.05) is 0 Å². The molecule has 1 unspecified atom stereocenters. The quantitative estimate of drug-likeness (QED) is 0.747. The van der Waals surface area contributed by atoms with Gasteiger partial charge in [-0.15, -0.1) is 11.3 Å². The van der Waals surface area contributed by atoms with Crippen molar-refractivity contribution in [3.8, 4) is 0 Å².